The van der Waals surface area contributed by atoms with Crippen LogP contribution in [0.25, 0.3) is 0 Å². The molecule has 5 nitrogen and oxygen atoms in total. The van der Waals surface area contributed by atoms with Crippen LogP contribution in [0.3, 0.4) is 0 Å². The molecule has 1 aromatic carbocycles. The average molecular weight is 286 g/mol. The highest BCUT2D eigenvalue weighted by Crippen LogP contribution is 2.21. The van der Waals surface area contributed by atoms with E-state index in [1.165, 1.54) is 24.9 Å². The molecule has 1 saturated heterocycles. The van der Waals surface area contributed by atoms with Gasteiger partial charge in [-0.1, -0.05) is 0 Å². The van der Waals surface area contributed by atoms with Gasteiger partial charge in [0.25, 0.3) is 0 Å². The molecule has 0 radical (unpaired) electrons. The van der Waals surface area contributed by atoms with Crippen molar-refractivity contribution >= 4 is 17.3 Å². The molecule has 1 aliphatic heterocycles. The molecule has 1 fully saturated rings. The van der Waals surface area contributed by atoms with Crippen molar-refractivity contribution in [2.24, 2.45) is 0 Å². The van der Waals surface area contributed by atoms with Crippen LogP contribution in [0.4, 0.5) is 11.4 Å². The van der Waals surface area contributed by atoms with E-state index in [0.717, 1.165) is 18.8 Å². The van der Waals surface area contributed by atoms with Crippen LogP contribution < -0.4 is 15.5 Å². The molecule has 2 N–H and O–H groups in total. The molecule has 0 spiro atoms. The number of nitrogens with zero attached hydrogens (tertiary/aromatic N) is 2. The molecule has 1 amide bonds. The molecular weight excluding hydrogens is 264 g/mol. The third kappa shape index (κ3) is 4.99. The zero-order chi connectivity index (χ0) is 14.9. The number of nitriles is 1. The summed E-state index contributed by atoms with van der Waals surface area (Å²) in [7, 11) is 0. The minimum Gasteiger partial charge on any atom is -0.376 e. The molecule has 2 rings (SSSR count). The van der Waals surface area contributed by atoms with Gasteiger partial charge in [0.1, 0.15) is 0 Å². The molecule has 0 aromatic heterocycles. The van der Waals surface area contributed by atoms with E-state index in [2.05, 4.69) is 27.7 Å². The molecule has 0 aliphatic carbocycles. The molecule has 21 heavy (non-hydrogen) atoms. The Bertz CT molecular complexity index is 486. The van der Waals surface area contributed by atoms with Crippen LogP contribution in [0.5, 0.6) is 0 Å². The number of anilines is 2. The van der Waals surface area contributed by atoms with Crippen molar-refractivity contribution in [1.82, 2.24) is 5.32 Å². The average Bonchev–Trinajstić information content (AvgIpc) is 2.54. The highest BCUT2D eigenvalue weighted by molar-refractivity contribution is 5.80. The van der Waals surface area contributed by atoms with E-state index in [-0.39, 0.29) is 12.5 Å². The first kappa shape index (κ1) is 15.2. The predicted molar refractivity (Wildman–Crippen MR) is 84.2 cm³/mol. The highest BCUT2D eigenvalue weighted by Gasteiger charge is 2.10. The molecular formula is C16H22N4O. The summed E-state index contributed by atoms with van der Waals surface area (Å²) in [4.78, 5) is 13.9. The largest absolute Gasteiger partial charge is 0.376 e. The van der Waals surface area contributed by atoms with Crippen LogP contribution in [0.1, 0.15) is 25.7 Å². The predicted octanol–water partition coefficient (Wildman–Crippen LogP) is 2.12. The maximum Gasteiger partial charge on any atom is 0.239 e. The topological polar surface area (TPSA) is 68.2 Å². The molecule has 0 saturated carbocycles. The Hall–Kier alpha value is -2.22. The lowest BCUT2D eigenvalue weighted by Crippen LogP contribution is -2.30. The first-order chi connectivity index (χ1) is 10.3. The van der Waals surface area contributed by atoms with E-state index >= 15 is 0 Å². The SMILES string of the molecule is N#CCCNC(=O)CNc1ccc(N2CCCCC2)cc1. The number of hydrogen-bond acceptors (Lipinski definition) is 4. The molecule has 0 atom stereocenters. The number of carbonyl (C=O) groups excluding carboxylic acids is 1. The summed E-state index contributed by atoms with van der Waals surface area (Å²) < 4.78 is 0. The van der Waals surface area contributed by atoms with Gasteiger partial charge in [-0.05, 0) is 43.5 Å². The Morgan fingerprint density at radius 1 is 1.19 bits per heavy atom. The standard InChI is InChI=1S/C16H22N4O/c17-9-4-10-18-16(21)13-19-14-5-7-15(8-6-14)20-11-2-1-3-12-20/h5-8,19H,1-4,10-13H2,(H,18,21). The van der Waals surface area contributed by atoms with Crippen molar-refractivity contribution in [3.05, 3.63) is 24.3 Å². The molecule has 1 heterocycles. The quantitative estimate of drug-likeness (QED) is 0.786. The zero-order valence-electron chi connectivity index (χ0n) is 12.3. The lowest BCUT2D eigenvalue weighted by molar-refractivity contribution is -0.119. The first-order valence-corrected chi connectivity index (χ1v) is 7.52. The fourth-order valence-electron chi connectivity index (χ4n) is 2.44. The van der Waals surface area contributed by atoms with Gasteiger partial charge in [-0.25, -0.2) is 0 Å². The summed E-state index contributed by atoms with van der Waals surface area (Å²) in [6.07, 6.45) is 4.21. The fraction of sp³-hybridized carbons (Fsp3) is 0.500. The van der Waals surface area contributed by atoms with Gasteiger partial charge in [0, 0.05) is 31.0 Å². The van der Waals surface area contributed by atoms with E-state index in [4.69, 9.17) is 5.26 Å². The van der Waals surface area contributed by atoms with Crippen LogP contribution in [0, 0.1) is 11.3 Å². The number of benzene rings is 1. The van der Waals surface area contributed by atoms with E-state index in [1.54, 1.807) is 0 Å². The normalized spacial score (nSPS) is 14.3. The van der Waals surface area contributed by atoms with E-state index in [9.17, 15) is 4.79 Å². The van der Waals surface area contributed by atoms with Crippen molar-refractivity contribution in [2.75, 3.05) is 36.4 Å². The van der Waals surface area contributed by atoms with Gasteiger partial charge in [-0.15, -0.1) is 0 Å². The molecule has 0 unspecified atom stereocenters. The van der Waals surface area contributed by atoms with Crippen LogP contribution >= 0.6 is 0 Å². The second-order valence-corrected chi connectivity index (χ2v) is 5.21. The molecule has 1 aromatic rings. The molecule has 1 aliphatic rings. The number of carbonyl (C=O) groups is 1. The summed E-state index contributed by atoms with van der Waals surface area (Å²) in [6.45, 7) is 2.90. The maximum atomic E-state index is 11.5. The summed E-state index contributed by atoms with van der Waals surface area (Å²) >= 11 is 0. The Labute approximate surface area is 125 Å². The summed E-state index contributed by atoms with van der Waals surface area (Å²) in [5.41, 5.74) is 2.19. The van der Waals surface area contributed by atoms with Gasteiger partial charge in [-0.2, -0.15) is 5.26 Å². The Kier molecular flexibility index (Phi) is 5.89. The van der Waals surface area contributed by atoms with Crippen molar-refractivity contribution in [3.63, 3.8) is 0 Å². The monoisotopic (exact) mass is 286 g/mol. The fourth-order valence-corrected chi connectivity index (χ4v) is 2.44. The smallest absolute Gasteiger partial charge is 0.239 e. The van der Waals surface area contributed by atoms with Gasteiger partial charge >= 0.3 is 0 Å². The van der Waals surface area contributed by atoms with Crippen LogP contribution in [-0.2, 0) is 4.79 Å². The lowest BCUT2D eigenvalue weighted by atomic mass is 10.1. The molecule has 5 heteroatoms. The minimum absolute atomic E-state index is 0.0923. The van der Waals surface area contributed by atoms with Crippen LogP contribution in [0.2, 0.25) is 0 Å². The van der Waals surface area contributed by atoms with E-state index < -0.39 is 0 Å². The second kappa shape index (κ2) is 8.15. The molecule has 112 valence electrons. The van der Waals surface area contributed by atoms with Crippen molar-refractivity contribution < 1.29 is 4.79 Å². The maximum absolute atomic E-state index is 11.5. The Balaban J connectivity index is 1.77. The van der Waals surface area contributed by atoms with Gasteiger partial charge in [0.05, 0.1) is 19.0 Å². The zero-order valence-corrected chi connectivity index (χ0v) is 12.3. The number of amides is 1. The van der Waals surface area contributed by atoms with Gasteiger partial charge in [0.2, 0.25) is 5.91 Å². The number of piperidine rings is 1. The van der Waals surface area contributed by atoms with Crippen molar-refractivity contribution in [2.45, 2.75) is 25.7 Å². The van der Waals surface area contributed by atoms with E-state index in [1.807, 2.05) is 18.2 Å². The second-order valence-electron chi connectivity index (χ2n) is 5.21. The Morgan fingerprint density at radius 3 is 2.57 bits per heavy atom. The number of nitrogens with one attached hydrogen (secondary N) is 2. The summed E-state index contributed by atoms with van der Waals surface area (Å²) in [5, 5.41) is 14.2. The summed E-state index contributed by atoms with van der Waals surface area (Å²) in [6, 6.07) is 10.2. The van der Waals surface area contributed by atoms with Crippen molar-refractivity contribution in [3.8, 4) is 6.07 Å². The Morgan fingerprint density at radius 2 is 1.90 bits per heavy atom. The minimum atomic E-state index is -0.0923. The van der Waals surface area contributed by atoms with E-state index in [0.29, 0.717) is 13.0 Å². The van der Waals surface area contributed by atoms with Crippen molar-refractivity contribution in [1.29, 1.82) is 5.26 Å². The number of hydrogen-bond donors (Lipinski definition) is 2. The number of rotatable bonds is 6. The van der Waals surface area contributed by atoms with Crippen LogP contribution in [-0.4, -0.2) is 32.1 Å². The van der Waals surface area contributed by atoms with Crippen LogP contribution in [0.15, 0.2) is 24.3 Å². The first-order valence-electron chi connectivity index (χ1n) is 7.52. The third-order valence-electron chi connectivity index (χ3n) is 3.60. The van der Waals surface area contributed by atoms with Gasteiger partial charge in [-0.3, -0.25) is 4.79 Å². The third-order valence-corrected chi connectivity index (χ3v) is 3.60. The van der Waals surface area contributed by atoms with Gasteiger partial charge in [0.15, 0.2) is 0 Å². The highest BCUT2D eigenvalue weighted by atomic mass is 16.1. The van der Waals surface area contributed by atoms with Gasteiger partial charge < -0.3 is 15.5 Å². The molecule has 0 bridgehead atoms. The summed E-state index contributed by atoms with van der Waals surface area (Å²) in [5.74, 6) is -0.0923. The lowest BCUT2D eigenvalue weighted by Gasteiger charge is -2.28.